The molecule has 21 heavy (non-hydrogen) atoms. The van der Waals surface area contributed by atoms with Crippen LogP contribution >= 0.6 is 11.6 Å². The Hall–Kier alpha value is -1.92. The molecule has 1 aromatic carbocycles. The van der Waals surface area contributed by atoms with Gasteiger partial charge in [-0.15, -0.1) is 0 Å². The predicted octanol–water partition coefficient (Wildman–Crippen LogP) is 2.70. The van der Waals surface area contributed by atoms with Crippen LogP contribution in [0.5, 0.6) is 0 Å². The SMILES string of the molecule is COCCC(=O)Nc1nn(Cc2ccccc2F)cc1Cl. The number of hydrogen-bond acceptors (Lipinski definition) is 3. The standard InChI is InChI=1S/C14H15ClFN3O2/c1-21-7-6-13(20)17-14-11(15)9-19(18-14)8-10-4-2-3-5-12(10)16/h2-5,9H,6-8H2,1H3,(H,17,18,20). The number of rotatable bonds is 6. The number of nitrogens with zero attached hydrogens (tertiary/aromatic N) is 2. The zero-order chi connectivity index (χ0) is 15.2. The van der Waals surface area contributed by atoms with Crippen LogP contribution in [0.3, 0.4) is 0 Å². The van der Waals surface area contributed by atoms with E-state index < -0.39 is 0 Å². The van der Waals surface area contributed by atoms with Crippen LogP contribution in [-0.4, -0.2) is 29.4 Å². The number of halogens is 2. The molecule has 1 aromatic heterocycles. The molecule has 0 fully saturated rings. The Bertz CT molecular complexity index is 630. The second kappa shape index (κ2) is 7.19. The van der Waals surface area contributed by atoms with Crippen molar-refractivity contribution in [2.75, 3.05) is 19.0 Å². The largest absolute Gasteiger partial charge is 0.384 e. The lowest BCUT2D eigenvalue weighted by Gasteiger charge is -2.03. The fourth-order valence-corrected chi connectivity index (χ4v) is 1.95. The second-order valence-electron chi connectivity index (χ2n) is 4.41. The zero-order valence-corrected chi connectivity index (χ0v) is 12.2. The summed E-state index contributed by atoms with van der Waals surface area (Å²) in [6.07, 6.45) is 1.76. The molecule has 0 radical (unpaired) electrons. The molecule has 112 valence electrons. The minimum Gasteiger partial charge on any atom is -0.384 e. The van der Waals surface area contributed by atoms with Crippen LogP contribution in [0.2, 0.25) is 5.02 Å². The first-order valence-corrected chi connectivity index (χ1v) is 6.73. The Labute approximate surface area is 126 Å². The predicted molar refractivity (Wildman–Crippen MR) is 77.9 cm³/mol. The van der Waals surface area contributed by atoms with Crippen LogP contribution < -0.4 is 5.32 Å². The summed E-state index contributed by atoms with van der Waals surface area (Å²) in [5.41, 5.74) is 0.494. The molecular formula is C14H15ClFN3O2. The number of anilines is 1. The number of ether oxygens (including phenoxy) is 1. The van der Waals surface area contributed by atoms with E-state index in [2.05, 4.69) is 10.4 Å². The van der Waals surface area contributed by atoms with Crippen LogP contribution in [0.25, 0.3) is 0 Å². The van der Waals surface area contributed by atoms with E-state index in [0.717, 1.165) is 0 Å². The molecule has 1 N–H and O–H groups in total. The number of nitrogens with one attached hydrogen (secondary N) is 1. The van der Waals surface area contributed by atoms with Crippen molar-refractivity contribution in [2.24, 2.45) is 0 Å². The highest BCUT2D eigenvalue weighted by Gasteiger charge is 2.11. The van der Waals surface area contributed by atoms with Gasteiger partial charge in [0.15, 0.2) is 5.82 Å². The number of carbonyl (C=O) groups is 1. The molecule has 7 heteroatoms. The number of hydrogen-bond donors (Lipinski definition) is 1. The Morgan fingerprint density at radius 2 is 2.24 bits per heavy atom. The van der Waals surface area contributed by atoms with Gasteiger partial charge in [-0.2, -0.15) is 5.10 Å². The van der Waals surface area contributed by atoms with E-state index in [0.29, 0.717) is 17.2 Å². The summed E-state index contributed by atoms with van der Waals surface area (Å²) in [6.45, 7) is 0.555. The van der Waals surface area contributed by atoms with E-state index in [1.807, 2.05) is 0 Å². The molecule has 0 saturated heterocycles. The third kappa shape index (κ3) is 4.27. The highest BCUT2D eigenvalue weighted by atomic mass is 35.5. The Balaban J connectivity index is 2.05. The molecule has 0 aliphatic carbocycles. The van der Waals surface area contributed by atoms with Crippen LogP contribution in [-0.2, 0) is 16.1 Å². The minimum absolute atomic E-state index is 0.215. The van der Waals surface area contributed by atoms with E-state index in [1.165, 1.54) is 17.9 Å². The molecule has 0 bridgehead atoms. The summed E-state index contributed by atoms with van der Waals surface area (Å²) in [6, 6.07) is 6.42. The maximum atomic E-state index is 13.6. The maximum Gasteiger partial charge on any atom is 0.227 e. The van der Waals surface area contributed by atoms with Crippen molar-refractivity contribution < 1.29 is 13.9 Å². The van der Waals surface area contributed by atoms with Gasteiger partial charge in [0.1, 0.15) is 10.8 Å². The van der Waals surface area contributed by atoms with Gasteiger partial charge in [-0.25, -0.2) is 4.39 Å². The normalized spacial score (nSPS) is 10.6. The van der Waals surface area contributed by atoms with E-state index in [4.69, 9.17) is 16.3 Å². The molecule has 0 spiro atoms. The van der Waals surface area contributed by atoms with Gasteiger partial charge in [-0.05, 0) is 6.07 Å². The zero-order valence-electron chi connectivity index (χ0n) is 11.5. The number of methoxy groups -OCH3 is 1. The van der Waals surface area contributed by atoms with Crippen molar-refractivity contribution in [3.05, 3.63) is 46.9 Å². The average molecular weight is 312 g/mol. The van der Waals surface area contributed by atoms with Crippen LogP contribution in [0, 0.1) is 5.82 Å². The van der Waals surface area contributed by atoms with E-state index >= 15 is 0 Å². The monoisotopic (exact) mass is 311 g/mol. The third-order valence-electron chi connectivity index (χ3n) is 2.80. The first-order valence-electron chi connectivity index (χ1n) is 6.35. The molecule has 1 amide bonds. The van der Waals surface area contributed by atoms with Gasteiger partial charge in [-0.3, -0.25) is 9.48 Å². The van der Waals surface area contributed by atoms with Crippen molar-refractivity contribution in [2.45, 2.75) is 13.0 Å². The van der Waals surface area contributed by atoms with Crippen molar-refractivity contribution >= 4 is 23.3 Å². The van der Waals surface area contributed by atoms with Crippen molar-refractivity contribution in [3.8, 4) is 0 Å². The Morgan fingerprint density at radius 3 is 2.95 bits per heavy atom. The summed E-state index contributed by atoms with van der Waals surface area (Å²) < 4.78 is 19.9. The van der Waals surface area contributed by atoms with E-state index in [9.17, 15) is 9.18 Å². The van der Waals surface area contributed by atoms with Crippen LogP contribution in [0.1, 0.15) is 12.0 Å². The lowest BCUT2D eigenvalue weighted by molar-refractivity contribution is -0.117. The van der Waals surface area contributed by atoms with Crippen LogP contribution in [0.4, 0.5) is 10.2 Å². The van der Waals surface area contributed by atoms with Gasteiger partial charge >= 0.3 is 0 Å². The topological polar surface area (TPSA) is 56.1 Å². The molecule has 2 rings (SSSR count). The Morgan fingerprint density at radius 1 is 1.48 bits per heavy atom. The highest BCUT2D eigenvalue weighted by Crippen LogP contribution is 2.20. The summed E-state index contributed by atoms with van der Waals surface area (Å²) in [5, 5.41) is 7.03. The third-order valence-corrected chi connectivity index (χ3v) is 3.07. The van der Waals surface area contributed by atoms with Gasteiger partial charge in [0.2, 0.25) is 5.91 Å². The van der Waals surface area contributed by atoms with Gasteiger partial charge in [0.05, 0.1) is 19.6 Å². The molecule has 0 aliphatic heterocycles. The molecule has 5 nitrogen and oxygen atoms in total. The summed E-state index contributed by atoms with van der Waals surface area (Å²) in [7, 11) is 1.52. The number of carbonyl (C=O) groups excluding carboxylic acids is 1. The first kappa shape index (κ1) is 15.5. The molecular weight excluding hydrogens is 297 g/mol. The molecule has 2 aromatic rings. The highest BCUT2D eigenvalue weighted by molar-refractivity contribution is 6.33. The van der Waals surface area contributed by atoms with Gasteiger partial charge < -0.3 is 10.1 Å². The molecule has 1 heterocycles. The second-order valence-corrected chi connectivity index (χ2v) is 4.81. The van der Waals surface area contributed by atoms with Crippen molar-refractivity contribution in [3.63, 3.8) is 0 Å². The molecule has 0 aliphatic rings. The van der Waals surface area contributed by atoms with E-state index in [1.54, 1.807) is 24.4 Å². The molecule has 0 unspecified atom stereocenters. The van der Waals surface area contributed by atoms with Crippen LogP contribution in [0.15, 0.2) is 30.5 Å². The van der Waals surface area contributed by atoms with E-state index in [-0.39, 0.29) is 30.5 Å². The minimum atomic E-state index is -0.310. The van der Waals surface area contributed by atoms with Crippen molar-refractivity contribution in [1.82, 2.24) is 9.78 Å². The van der Waals surface area contributed by atoms with Gasteiger partial charge in [0, 0.05) is 18.9 Å². The summed E-state index contributed by atoms with van der Waals surface area (Å²) >= 11 is 6.01. The lowest BCUT2D eigenvalue weighted by atomic mass is 10.2. The number of amides is 1. The van der Waals surface area contributed by atoms with Gasteiger partial charge in [-0.1, -0.05) is 29.8 Å². The molecule has 0 saturated carbocycles. The Kier molecular flexibility index (Phi) is 5.30. The van der Waals surface area contributed by atoms with Gasteiger partial charge in [0.25, 0.3) is 0 Å². The lowest BCUT2D eigenvalue weighted by Crippen LogP contribution is -2.14. The van der Waals surface area contributed by atoms with Crippen molar-refractivity contribution in [1.29, 1.82) is 0 Å². The maximum absolute atomic E-state index is 13.6. The smallest absolute Gasteiger partial charge is 0.227 e. The number of benzene rings is 1. The quantitative estimate of drug-likeness (QED) is 0.892. The fourth-order valence-electron chi connectivity index (χ4n) is 1.75. The fraction of sp³-hybridized carbons (Fsp3) is 0.286. The summed E-state index contributed by atoms with van der Waals surface area (Å²) in [5.74, 6) is -0.293. The number of aromatic nitrogens is 2. The molecule has 0 atom stereocenters. The summed E-state index contributed by atoms with van der Waals surface area (Å²) in [4.78, 5) is 11.6. The first-order chi connectivity index (χ1) is 10.1. The average Bonchev–Trinajstić information content (AvgIpc) is 2.79.